The summed E-state index contributed by atoms with van der Waals surface area (Å²) >= 11 is 1.85. The molecule has 1 atom stereocenters. The highest BCUT2D eigenvalue weighted by molar-refractivity contribution is 7.99. The third kappa shape index (κ3) is 7.57. The maximum absolute atomic E-state index is 10.8. The van der Waals surface area contributed by atoms with E-state index in [1.54, 1.807) is 14.2 Å². The first-order chi connectivity index (χ1) is 16.0. The van der Waals surface area contributed by atoms with E-state index in [0.29, 0.717) is 11.7 Å². The van der Waals surface area contributed by atoms with Gasteiger partial charge in [-0.25, -0.2) is 4.79 Å². The van der Waals surface area contributed by atoms with Crippen LogP contribution in [0.5, 0.6) is 11.5 Å². The number of nitrogens with zero attached hydrogens (tertiary/aromatic N) is 1. The van der Waals surface area contributed by atoms with Crippen LogP contribution in [0.2, 0.25) is 0 Å². The molecule has 0 saturated heterocycles. The smallest absolute Gasteiger partial charge is 0.329 e. The summed E-state index contributed by atoms with van der Waals surface area (Å²) in [6, 6.07) is 12.3. The van der Waals surface area contributed by atoms with E-state index in [9.17, 15) is 4.79 Å². The molecule has 0 fully saturated rings. The van der Waals surface area contributed by atoms with Gasteiger partial charge in [-0.05, 0) is 42.7 Å². The van der Waals surface area contributed by atoms with Crippen molar-refractivity contribution in [1.29, 1.82) is 0 Å². The molecule has 3 rings (SSSR count). The van der Waals surface area contributed by atoms with Crippen molar-refractivity contribution in [2.24, 2.45) is 5.92 Å². The lowest BCUT2D eigenvalue weighted by Crippen LogP contribution is -2.25. The van der Waals surface area contributed by atoms with E-state index in [2.05, 4.69) is 30.0 Å². The first-order valence-corrected chi connectivity index (χ1v) is 12.6. The van der Waals surface area contributed by atoms with Crippen LogP contribution in [0.1, 0.15) is 45.6 Å². The maximum Gasteiger partial charge on any atom is 0.329 e. The van der Waals surface area contributed by atoms with Crippen LogP contribution < -0.4 is 14.4 Å². The molecule has 182 valence electrons. The van der Waals surface area contributed by atoms with E-state index in [1.807, 2.05) is 43.8 Å². The second kappa shape index (κ2) is 14.0. The highest BCUT2D eigenvalue weighted by Crippen LogP contribution is 2.44. The number of carboxylic acids is 1. The van der Waals surface area contributed by atoms with Crippen molar-refractivity contribution in [3.63, 3.8) is 0 Å². The number of carboxylic acid groups (broad SMARTS) is 1. The molecule has 1 heterocycles. The molecule has 2 aromatic carbocycles. The van der Waals surface area contributed by atoms with Crippen molar-refractivity contribution in [3.05, 3.63) is 42.0 Å². The van der Waals surface area contributed by atoms with Crippen molar-refractivity contribution < 1.29 is 24.1 Å². The summed E-state index contributed by atoms with van der Waals surface area (Å²) in [5.74, 6) is 2.17. The normalized spacial score (nSPS) is 15.1. The fourth-order valence-electron chi connectivity index (χ4n) is 3.76. The molecular weight excluding hydrogens is 438 g/mol. The topological polar surface area (TPSA) is 68.2 Å². The number of thioether (sulfide) groups is 1. The van der Waals surface area contributed by atoms with Crippen molar-refractivity contribution in [1.82, 2.24) is 0 Å². The maximum atomic E-state index is 10.8. The number of hydrogen-bond acceptors (Lipinski definition) is 6. The van der Waals surface area contributed by atoms with E-state index in [4.69, 9.17) is 19.3 Å². The molecule has 6 nitrogen and oxygen atoms in total. The van der Waals surface area contributed by atoms with E-state index < -0.39 is 5.97 Å². The van der Waals surface area contributed by atoms with Gasteiger partial charge in [-0.15, -0.1) is 11.8 Å². The van der Waals surface area contributed by atoms with Crippen LogP contribution in [0.3, 0.4) is 0 Å². The summed E-state index contributed by atoms with van der Waals surface area (Å²) in [6.07, 6.45) is 3.60. The van der Waals surface area contributed by atoms with Crippen molar-refractivity contribution in [2.75, 3.05) is 38.0 Å². The first-order valence-electron chi connectivity index (χ1n) is 11.6. The molecule has 1 aliphatic rings. The Morgan fingerprint density at radius 1 is 1.15 bits per heavy atom. The van der Waals surface area contributed by atoms with E-state index in [-0.39, 0.29) is 13.2 Å². The molecular formula is C26H37NO5S. The Morgan fingerprint density at radius 2 is 1.88 bits per heavy atom. The van der Waals surface area contributed by atoms with Crippen LogP contribution in [0.25, 0.3) is 0 Å². The minimum atomic E-state index is -0.979. The molecule has 2 aromatic rings. The molecule has 0 bridgehead atoms. The Labute approximate surface area is 202 Å². The highest BCUT2D eigenvalue weighted by Gasteiger charge is 2.25. The molecule has 0 aliphatic carbocycles. The van der Waals surface area contributed by atoms with Gasteiger partial charge in [0, 0.05) is 34.5 Å². The van der Waals surface area contributed by atoms with Crippen molar-refractivity contribution in [2.45, 2.75) is 51.5 Å². The van der Waals surface area contributed by atoms with Crippen LogP contribution in [-0.2, 0) is 16.1 Å². The quantitative estimate of drug-likeness (QED) is 0.427. The van der Waals surface area contributed by atoms with Gasteiger partial charge < -0.3 is 24.2 Å². The average molecular weight is 476 g/mol. The predicted molar refractivity (Wildman–Crippen MR) is 135 cm³/mol. The number of ether oxygens (including phenoxy) is 3. The van der Waals surface area contributed by atoms with Crippen molar-refractivity contribution in [3.8, 4) is 11.5 Å². The number of methoxy groups -OCH3 is 2. The minimum absolute atomic E-state index is 0.200. The standard InChI is InChI=1S/C24H31NO5S.C2H6/c1-4-5-6-17-13-25(19-7-9-20(28-2)10-8-19)21-12-22(29-3)18(11-23(21)31-16-17)14-30-15-24(26)27;1-2/h7-12,17H,4-6,13-16H2,1-3H3,(H,26,27);1-2H3. The van der Waals surface area contributed by atoms with Crippen molar-refractivity contribution >= 4 is 29.1 Å². The zero-order chi connectivity index (χ0) is 24.2. The zero-order valence-corrected chi connectivity index (χ0v) is 21.2. The third-order valence-electron chi connectivity index (χ3n) is 5.40. The van der Waals surface area contributed by atoms with Gasteiger partial charge in [-0.1, -0.05) is 33.6 Å². The zero-order valence-electron chi connectivity index (χ0n) is 20.4. The molecule has 1 N–H and O–H groups in total. The Bertz CT molecular complexity index is 872. The average Bonchev–Trinajstić information content (AvgIpc) is 3.02. The second-order valence-corrected chi connectivity index (χ2v) is 8.71. The van der Waals surface area contributed by atoms with Gasteiger partial charge in [0.25, 0.3) is 0 Å². The third-order valence-corrected chi connectivity index (χ3v) is 6.68. The summed E-state index contributed by atoms with van der Waals surface area (Å²) in [6.45, 7) is 7.04. The lowest BCUT2D eigenvalue weighted by Gasteiger charge is -2.28. The number of anilines is 2. The largest absolute Gasteiger partial charge is 0.497 e. The lowest BCUT2D eigenvalue weighted by atomic mass is 10.0. The van der Waals surface area contributed by atoms with Crippen LogP contribution >= 0.6 is 11.8 Å². The lowest BCUT2D eigenvalue weighted by molar-refractivity contribution is -0.142. The molecule has 0 radical (unpaired) electrons. The summed E-state index contributed by atoms with van der Waals surface area (Å²) in [5, 5.41) is 8.87. The molecule has 0 aromatic heterocycles. The second-order valence-electron chi connectivity index (χ2n) is 7.65. The van der Waals surface area contributed by atoms with Crippen LogP contribution in [0.15, 0.2) is 41.3 Å². The number of fused-ring (bicyclic) bond motifs is 1. The molecule has 0 saturated carbocycles. The Morgan fingerprint density at radius 3 is 2.48 bits per heavy atom. The number of aliphatic carboxylic acids is 1. The van der Waals surface area contributed by atoms with Gasteiger partial charge in [0.1, 0.15) is 18.1 Å². The Hall–Kier alpha value is -2.38. The molecule has 33 heavy (non-hydrogen) atoms. The Balaban J connectivity index is 0.00000187. The SMILES string of the molecule is CC.CCCCC1CSc2cc(COCC(=O)O)c(OC)cc2N(c2ccc(OC)cc2)C1. The summed E-state index contributed by atoms with van der Waals surface area (Å²) < 4.78 is 16.3. The number of hydrogen-bond donors (Lipinski definition) is 1. The molecule has 7 heteroatoms. The fourth-order valence-corrected chi connectivity index (χ4v) is 4.99. The van der Waals surface area contributed by atoms with Crippen LogP contribution in [-0.4, -0.2) is 44.2 Å². The highest BCUT2D eigenvalue weighted by atomic mass is 32.2. The minimum Gasteiger partial charge on any atom is -0.497 e. The molecule has 0 amide bonds. The van der Waals surface area contributed by atoms with E-state index >= 15 is 0 Å². The fraction of sp³-hybridized carbons (Fsp3) is 0.500. The van der Waals surface area contributed by atoms with E-state index in [1.165, 1.54) is 19.3 Å². The van der Waals surface area contributed by atoms with Gasteiger partial charge in [0.2, 0.25) is 0 Å². The number of carbonyl (C=O) groups is 1. The number of rotatable bonds is 10. The number of unbranched alkanes of at least 4 members (excludes halogenated alkanes) is 1. The number of benzene rings is 2. The van der Waals surface area contributed by atoms with E-state index in [0.717, 1.165) is 39.9 Å². The van der Waals surface area contributed by atoms with Gasteiger partial charge >= 0.3 is 5.97 Å². The molecule has 1 unspecified atom stereocenters. The summed E-state index contributed by atoms with van der Waals surface area (Å²) in [4.78, 5) is 14.3. The van der Waals surface area contributed by atoms with Gasteiger partial charge in [-0.2, -0.15) is 0 Å². The van der Waals surface area contributed by atoms with Crippen LogP contribution in [0, 0.1) is 5.92 Å². The molecule has 1 aliphatic heterocycles. The summed E-state index contributed by atoms with van der Waals surface area (Å²) in [5.41, 5.74) is 3.08. The predicted octanol–water partition coefficient (Wildman–Crippen LogP) is 6.38. The molecule has 0 spiro atoms. The Kier molecular flexibility index (Phi) is 11.4. The van der Waals surface area contributed by atoms with Gasteiger partial charge in [-0.3, -0.25) is 0 Å². The van der Waals surface area contributed by atoms with Gasteiger partial charge in [0.15, 0.2) is 0 Å². The summed E-state index contributed by atoms with van der Waals surface area (Å²) in [7, 11) is 3.31. The van der Waals surface area contributed by atoms with Crippen LogP contribution in [0.4, 0.5) is 11.4 Å². The van der Waals surface area contributed by atoms with Gasteiger partial charge in [0.05, 0.1) is 26.5 Å². The monoisotopic (exact) mass is 475 g/mol. The first kappa shape index (κ1) is 26.9.